The van der Waals surface area contributed by atoms with E-state index in [1.54, 1.807) is 12.3 Å². The van der Waals surface area contributed by atoms with E-state index in [-0.39, 0.29) is 23.3 Å². The zero-order valence-electron chi connectivity index (χ0n) is 18.2. The van der Waals surface area contributed by atoms with E-state index < -0.39 is 11.7 Å². The van der Waals surface area contributed by atoms with Crippen molar-refractivity contribution in [1.82, 2.24) is 25.0 Å². The second-order valence-corrected chi connectivity index (χ2v) is 8.16. The molecule has 1 aliphatic heterocycles. The van der Waals surface area contributed by atoms with E-state index in [2.05, 4.69) is 43.8 Å². The first-order chi connectivity index (χ1) is 15.2. The molecule has 2 aromatic heterocycles. The number of hydrogen-bond donors (Lipinski definition) is 0. The van der Waals surface area contributed by atoms with Crippen LogP contribution in [0.4, 0.5) is 19.0 Å². The van der Waals surface area contributed by atoms with Crippen LogP contribution >= 0.6 is 0 Å². The third kappa shape index (κ3) is 4.74. The van der Waals surface area contributed by atoms with Crippen LogP contribution in [-0.4, -0.2) is 51.2 Å². The van der Waals surface area contributed by atoms with Crippen LogP contribution in [0, 0.1) is 0 Å². The van der Waals surface area contributed by atoms with Crippen molar-refractivity contribution in [1.29, 1.82) is 0 Å². The van der Waals surface area contributed by atoms with E-state index >= 15 is 0 Å². The molecule has 0 amide bonds. The Morgan fingerprint density at radius 1 is 1.00 bits per heavy atom. The second-order valence-electron chi connectivity index (χ2n) is 8.16. The quantitative estimate of drug-likeness (QED) is 0.569. The molecular weight excluding hydrogens is 421 g/mol. The summed E-state index contributed by atoms with van der Waals surface area (Å²) in [4.78, 5) is 17.8. The van der Waals surface area contributed by atoms with Crippen LogP contribution in [0.25, 0.3) is 11.4 Å². The standard InChI is InChI=1S/C22H25F3N6O/c1-14(2)19-26-8-7-18(27-19)31-11-9-30(10-12-31)15(3)21-28-20(29-32-21)16-5-4-6-17(13-16)22(23,24)25/h4-8,13-15H,9-12H2,1-3H3. The highest BCUT2D eigenvalue weighted by molar-refractivity contribution is 5.55. The molecule has 1 aliphatic rings. The molecule has 0 saturated carbocycles. The van der Waals surface area contributed by atoms with Gasteiger partial charge in [0.1, 0.15) is 11.6 Å². The van der Waals surface area contributed by atoms with Gasteiger partial charge >= 0.3 is 6.18 Å². The lowest BCUT2D eigenvalue weighted by atomic mass is 10.1. The summed E-state index contributed by atoms with van der Waals surface area (Å²) in [5, 5.41) is 3.91. The number of alkyl halides is 3. The maximum Gasteiger partial charge on any atom is 0.416 e. The summed E-state index contributed by atoms with van der Waals surface area (Å²) in [5.74, 6) is 2.54. The average Bonchev–Trinajstić information content (AvgIpc) is 3.29. The van der Waals surface area contributed by atoms with Gasteiger partial charge in [-0.2, -0.15) is 18.2 Å². The van der Waals surface area contributed by atoms with Crippen molar-refractivity contribution < 1.29 is 17.7 Å². The summed E-state index contributed by atoms with van der Waals surface area (Å²) in [7, 11) is 0. The van der Waals surface area contributed by atoms with Gasteiger partial charge < -0.3 is 9.42 Å². The molecule has 7 nitrogen and oxygen atoms in total. The maximum atomic E-state index is 13.0. The minimum Gasteiger partial charge on any atom is -0.354 e. The number of piperazine rings is 1. The number of rotatable bonds is 5. The third-order valence-corrected chi connectivity index (χ3v) is 5.61. The van der Waals surface area contributed by atoms with Gasteiger partial charge in [0.05, 0.1) is 11.6 Å². The second kappa shape index (κ2) is 8.85. The average molecular weight is 446 g/mol. The van der Waals surface area contributed by atoms with Gasteiger partial charge in [0.2, 0.25) is 11.7 Å². The highest BCUT2D eigenvalue weighted by atomic mass is 19.4. The van der Waals surface area contributed by atoms with Crippen LogP contribution in [0.15, 0.2) is 41.1 Å². The van der Waals surface area contributed by atoms with Gasteiger partial charge in [-0.3, -0.25) is 4.90 Å². The minimum absolute atomic E-state index is 0.152. The summed E-state index contributed by atoms with van der Waals surface area (Å²) in [6.45, 7) is 9.20. The van der Waals surface area contributed by atoms with Gasteiger partial charge in [0, 0.05) is 43.9 Å². The molecule has 1 unspecified atom stereocenters. The van der Waals surface area contributed by atoms with Crippen molar-refractivity contribution in [3.8, 4) is 11.4 Å². The molecule has 32 heavy (non-hydrogen) atoms. The van der Waals surface area contributed by atoms with Gasteiger partial charge in [-0.15, -0.1) is 0 Å². The lowest BCUT2D eigenvalue weighted by molar-refractivity contribution is -0.137. The number of benzene rings is 1. The Balaban J connectivity index is 1.42. The van der Waals surface area contributed by atoms with E-state index in [0.29, 0.717) is 5.89 Å². The lowest BCUT2D eigenvalue weighted by Crippen LogP contribution is -2.47. The van der Waals surface area contributed by atoms with Crippen LogP contribution < -0.4 is 4.90 Å². The number of hydrogen-bond acceptors (Lipinski definition) is 7. The fraction of sp³-hybridized carbons (Fsp3) is 0.455. The SMILES string of the molecule is CC(C)c1nccc(N2CCN(C(C)c3nc(-c4cccc(C(F)(F)F)c4)no3)CC2)n1. The zero-order valence-corrected chi connectivity index (χ0v) is 18.2. The molecule has 170 valence electrons. The first-order valence-corrected chi connectivity index (χ1v) is 10.6. The molecule has 3 aromatic rings. The Bertz CT molecular complexity index is 1060. The predicted molar refractivity (Wildman–Crippen MR) is 113 cm³/mol. The summed E-state index contributed by atoms with van der Waals surface area (Å²) < 4.78 is 44.4. The van der Waals surface area contributed by atoms with E-state index in [1.165, 1.54) is 6.07 Å². The number of halogens is 3. The van der Waals surface area contributed by atoms with Crippen molar-refractivity contribution in [2.24, 2.45) is 0 Å². The summed E-state index contributed by atoms with van der Waals surface area (Å²) in [6.07, 6.45) is -2.63. The zero-order chi connectivity index (χ0) is 22.9. The van der Waals surface area contributed by atoms with Gasteiger partial charge in [-0.25, -0.2) is 9.97 Å². The van der Waals surface area contributed by atoms with Crippen LogP contribution in [-0.2, 0) is 6.18 Å². The molecule has 3 heterocycles. The molecule has 0 radical (unpaired) electrons. The molecule has 0 N–H and O–H groups in total. The van der Waals surface area contributed by atoms with Gasteiger partial charge in [0.25, 0.3) is 0 Å². The molecule has 0 aliphatic carbocycles. The topological polar surface area (TPSA) is 71.2 Å². The normalized spacial score (nSPS) is 16.5. The van der Waals surface area contributed by atoms with Crippen molar-refractivity contribution in [3.63, 3.8) is 0 Å². The maximum absolute atomic E-state index is 13.0. The van der Waals surface area contributed by atoms with Crippen molar-refractivity contribution in [3.05, 3.63) is 53.8 Å². The monoisotopic (exact) mass is 446 g/mol. The highest BCUT2D eigenvalue weighted by Gasteiger charge is 2.31. The van der Waals surface area contributed by atoms with Crippen molar-refractivity contribution in [2.45, 2.75) is 38.9 Å². The fourth-order valence-corrected chi connectivity index (χ4v) is 3.67. The molecule has 0 bridgehead atoms. The molecule has 1 fully saturated rings. The van der Waals surface area contributed by atoms with Gasteiger partial charge in [0.15, 0.2) is 0 Å². The Hall–Kier alpha value is -3.01. The molecule has 1 saturated heterocycles. The number of anilines is 1. The predicted octanol–water partition coefficient (Wildman–Crippen LogP) is 4.55. The van der Waals surface area contributed by atoms with E-state index in [1.807, 2.05) is 13.0 Å². The molecule has 1 aromatic carbocycles. The van der Waals surface area contributed by atoms with E-state index in [4.69, 9.17) is 4.52 Å². The van der Waals surface area contributed by atoms with Crippen molar-refractivity contribution >= 4 is 5.82 Å². The van der Waals surface area contributed by atoms with Crippen LogP contribution in [0.1, 0.15) is 50.0 Å². The number of aromatic nitrogens is 4. The smallest absolute Gasteiger partial charge is 0.354 e. The molecule has 0 spiro atoms. The Morgan fingerprint density at radius 3 is 2.44 bits per heavy atom. The first-order valence-electron chi connectivity index (χ1n) is 10.6. The van der Waals surface area contributed by atoms with Crippen LogP contribution in [0.2, 0.25) is 0 Å². The molecule has 10 heteroatoms. The fourth-order valence-electron chi connectivity index (χ4n) is 3.67. The van der Waals surface area contributed by atoms with Crippen molar-refractivity contribution in [2.75, 3.05) is 31.1 Å². The Labute approximate surface area is 184 Å². The summed E-state index contributed by atoms with van der Waals surface area (Å²) in [5.41, 5.74) is -0.465. The van der Waals surface area contributed by atoms with E-state index in [9.17, 15) is 13.2 Å². The molecule has 1 atom stereocenters. The highest BCUT2D eigenvalue weighted by Crippen LogP contribution is 2.32. The Morgan fingerprint density at radius 2 is 1.75 bits per heavy atom. The minimum atomic E-state index is -4.42. The van der Waals surface area contributed by atoms with Crippen LogP contribution in [0.5, 0.6) is 0 Å². The largest absolute Gasteiger partial charge is 0.416 e. The van der Waals surface area contributed by atoms with Gasteiger partial charge in [-0.05, 0) is 25.1 Å². The van der Waals surface area contributed by atoms with Gasteiger partial charge in [-0.1, -0.05) is 31.1 Å². The lowest BCUT2D eigenvalue weighted by Gasteiger charge is -2.37. The van der Waals surface area contributed by atoms with E-state index in [0.717, 1.165) is 50.0 Å². The molecule has 4 rings (SSSR count). The first kappa shape index (κ1) is 22.2. The van der Waals surface area contributed by atoms with Crippen LogP contribution in [0.3, 0.4) is 0 Å². The summed E-state index contributed by atoms with van der Waals surface area (Å²) in [6, 6.07) is 6.71. The Kier molecular flexibility index (Phi) is 6.14. The molecular formula is C22H25F3N6O. The third-order valence-electron chi connectivity index (χ3n) is 5.61. The number of nitrogens with zero attached hydrogens (tertiary/aromatic N) is 6. The summed E-state index contributed by atoms with van der Waals surface area (Å²) >= 11 is 0.